The Hall–Kier alpha value is -2.58. The Bertz CT molecular complexity index is 1060. The number of nitrogens with one attached hydrogen (secondary N) is 1. The van der Waals surface area contributed by atoms with Crippen molar-refractivity contribution in [2.24, 2.45) is 0 Å². The molecule has 8 heteroatoms. The number of aromatic nitrogens is 2. The maximum absolute atomic E-state index is 12.6. The van der Waals surface area contributed by atoms with Gasteiger partial charge in [0.1, 0.15) is 5.82 Å². The van der Waals surface area contributed by atoms with Crippen molar-refractivity contribution in [3.8, 4) is 11.5 Å². The molecule has 0 atom stereocenters. The van der Waals surface area contributed by atoms with Gasteiger partial charge in [0.15, 0.2) is 11.5 Å². The van der Waals surface area contributed by atoms with Crippen LogP contribution in [0, 0.1) is 0 Å². The molecule has 0 radical (unpaired) electrons. The highest BCUT2D eigenvalue weighted by Gasteiger charge is 2.17. The number of hydrogen-bond donors (Lipinski definition) is 1. The average Bonchev–Trinajstić information content (AvgIpc) is 3.05. The van der Waals surface area contributed by atoms with Crippen LogP contribution in [0.4, 0.5) is 0 Å². The second-order valence-corrected chi connectivity index (χ2v) is 8.10. The van der Waals surface area contributed by atoms with Crippen molar-refractivity contribution in [3.05, 3.63) is 48.3 Å². The molecule has 3 aromatic rings. The Kier molecular flexibility index (Phi) is 6.21. The molecule has 1 N–H and O–H groups in total. The van der Waals surface area contributed by atoms with Crippen molar-refractivity contribution in [2.75, 3.05) is 20.8 Å². The van der Waals surface area contributed by atoms with E-state index in [2.05, 4.69) is 21.2 Å². The maximum atomic E-state index is 12.6. The van der Waals surface area contributed by atoms with E-state index in [0.29, 0.717) is 17.9 Å². The van der Waals surface area contributed by atoms with E-state index < -0.39 is 10.0 Å². The number of nitrogens with zero attached hydrogens (tertiary/aromatic N) is 2. The molecule has 0 saturated heterocycles. The van der Waals surface area contributed by atoms with Crippen molar-refractivity contribution in [1.29, 1.82) is 0 Å². The first-order valence-electron chi connectivity index (χ1n) is 9.16. The number of ether oxygens (including phenoxy) is 2. The monoisotopic (exact) mass is 403 g/mol. The van der Waals surface area contributed by atoms with Crippen LogP contribution in [0.25, 0.3) is 11.0 Å². The third kappa shape index (κ3) is 4.13. The number of rotatable bonds is 9. The molecule has 0 fully saturated rings. The van der Waals surface area contributed by atoms with Crippen LogP contribution in [0.3, 0.4) is 0 Å². The molecule has 0 amide bonds. The van der Waals surface area contributed by atoms with E-state index >= 15 is 0 Å². The summed E-state index contributed by atoms with van der Waals surface area (Å²) in [7, 11) is -0.687. The lowest BCUT2D eigenvalue weighted by Gasteiger charge is -2.11. The lowest BCUT2D eigenvalue weighted by atomic mass is 10.3. The van der Waals surface area contributed by atoms with Crippen molar-refractivity contribution < 1.29 is 17.9 Å². The zero-order chi connectivity index (χ0) is 20.1. The van der Waals surface area contributed by atoms with Gasteiger partial charge in [0.05, 0.1) is 30.1 Å². The van der Waals surface area contributed by atoms with Crippen molar-refractivity contribution in [1.82, 2.24) is 14.3 Å². The molecule has 0 aliphatic heterocycles. The third-order valence-electron chi connectivity index (χ3n) is 4.49. The summed E-state index contributed by atoms with van der Waals surface area (Å²) in [5.41, 5.74) is 2.00. The minimum absolute atomic E-state index is 0.132. The SMILES string of the molecule is CCCn1c(CCNS(=O)(=O)c2ccc(OC)c(OC)c2)nc2ccccc21. The number of methoxy groups -OCH3 is 2. The largest absolute Gasteiger partial charge is 0.493 e. The molecule has 150 valence electrons. The van der Waals surface area contributed by atoms with Gasteiger partial charge in [-0.1, -0.05) is 19.1 Å². The van der Waals surface area contributed by atoms with Crippen molar-refractivity contribution in [2.45, 2.75) is 31.2 Å². The van der Waals surface area contributed by atoms with Gasteiger partial charge in [0, 0.05) is 25.6 Å². The average molecular weight is 404 g/mol. The maximum Gasteiger partial charge on any atom is 0.240 e. The van der Waals surface area contributed by atoms with Crippen LogP contribution in [0.5, 0.6) is 11.5 Å². The van der Waals surface area contributed by atoms with Gasteiger partial charge in [-0.2, -0.15) is 0 Å². The number of fused-ring (bicyclic) bond motifs is 1. The first-order chi connectivity index (χ1) is 13.5. The van der Waals surface area contributed by atoms with Gasteiger partial charge < -0.3 is 14.0 Å². The zero-order valence-electron chi connectivity index (χ0n) is 16.3. The molecular formula is C20H25N3O4S. The predicted molar refractivity (Wildman–Crippen MR) is 108 cm³/mol. The zero-order valence-corrected chi connectivity index (χ0v) is 17.1. The normalized spacial score (nSPS) is 11.7. The Morgan fingerprint density at radius 2 is 1.82 bits per heavy atom. The fraction of sp³-hybridized carbons (Fsp3) is 0.350. The van der Waals surface area contributed by atoms with E-state index in [9.17, 15) is 8.42 Å². The highest BCUT2D eigenvalue weighted by Crippen LogP contribution is 2.29. The topological polar surface area (TPSA) is 82.5 Å². The van der Waals surface area contributed by atoms with Crippen LogP contribution in [-0.2, 0) is 23.0 Å². The molecule has 2 aromatic carbocycles. The molecule has 0 unspecified atom stereocenters. The second-order valence-electron chi connectivity index (χ2n) is 6.33. The quantitative estimate of drug-likeness (QED) is 0.594. The van der Waals surface area contributed by atoms with Crippen LogP contribution < -0.4 is 14.2 Å². The van der Waals surface area contributed by atoms with E-state index in [0.717, 1.165) is 29.8 Å². The summed E-state index contributed by atoms with van der Waals surface area (Å²) in [6.45, 7) is 3.21. The summed E-state index contributed by atoms with van der Waals surface area (Å²) < 4.78 is 40.4. The highest BCUT2D eigenvalue weighted by molar-refractivity contribution is 7.89. The summed E-state index contributed by atoms with van der Waals surface area (Å²) in [6, 6.07) is 12.5. The molecular weight excluding hydrogens is 378 g/mol. The Morgan fingerprint density at radius 3 is 2.54 bits per heavy atom. The van der Waals surface area contributed by atoms with Crippen LogP contribution in [0.15, 0.2) is 47.4 Å². The molecule has 3 rings (SSSR count). The van der Waals surface area contributed by atoms with Gasteiger partial charge in [-0.15, -0.1) is 0 Å². The van der Waals surface area contributed by atoms with E-state index in [1.54, 1.807) is 6.07 Å². The summed E-state index contributed by atoms with van der Waals surface area (Å²) in [5, 5.41) is 0. The fourth-order valence-electron chi connectivity index (χ4n) is 3.15. The molecule has 0 aliphatic rings. The smallest absolute Gasteiger partial charge is 0.240 e. The first-order valence-corrected chi connectivity index (χ1v) is 10.6. The molecule has 0 bridgehead atoms. The lowest BCUT2D eigenvalue weighted by Crippen LogP contribution is -2.26. The van der Waals surface area contributed by atoms with Crippen LogP contribution in [0.2, 0.25) is 0 Å². The Labute approximate surface area is 165 Å². The van der Waals surface area contributed by atoms with E-state index in [1.807, 2.05) is 24.3 Å². The second kappa shape index (κ2) is 8.62. The summed E-state index contributed by atoms with van der Waals surface area (Å²) in [5.74, 6) is 1.72. The van der Waals surface area contributed by atoms with Gasteiger partial charge in [0.2, 0.25) is 10.0 Å². The van der Waals surface area contributed by atoms with Crippen molar-refractivity contribution in [3.63, 3.8) is 0 Å². The fourth-order valence-corrected chi connectivity index (χ4v) is 4.20. The Balaban J connectivity index is 1.76. The van der Waals surface area contributed by atoms with Gasteiger partial charge in [-0.25, -0.2) is 18.1 Å². The molecule has 1 heterocycles. The molecule has 1 aromatic heterocycles. The Morgan fingerprint density at radius 1 is 1.07 bits per heavy atom. The highest BCUT2D eigenvalue weighted by atomic mass is 32.2. The van der Waals surface area contributed by atoms with Gasteiger partial charge in [-0.3, -0.25) is 0 Å². The van der Waals surface area contributed by atoms with Crippen LogP contribution in [0.1, 0.15) is 19.2 Å². The third-order valence-corrected chi connectivity index (χ3v) is 5.95. The molecule has 0 aliphatic carbocycles. The lowest BCUT2D eigenvalue weighted by molar-refractivity contribution is 0.354. The number of para-hydroxylation sites is 2. The molecule has 7 nitrogen and oxygen atoms in total. The first kappa shape index (κ1) is 20.2. The minimum Gasteiger partial charge on any atom is -0.493 e. The molecule has 0 spiro atoms. The molecule has 0 saturated carbocycles. The van der Waals surface area contributed by atoms with Crippen LogP contribution >= 0.6 is 0 Å². The minimum atomic E-state index is -3.67. The van der Waals surface area contributed by atoms with Crippen molar-refractivity contribution >= 4 is 21.1 Å². The van der Waals surface area contributed by atoms with Gasteiger partial charge in [0.25, 0.3) is 0 Å². The van der Waals surface area contributed by atoms with Gasteiger partial charge >= 0.3 is 0 Å². The number of aryl methyl sites for hydroxylation is 1. The van der Waals surface area contributed by atoms with Gasteiger partial charge in [-0.05, 0) is 30.7 Å². The number of hydrogen-bond acceptors (Lipinski definition) is 5. The number of sulfonamides is 1. The summed E-state index contributed by atoms with van der Waals surface area (Å²) >= 11 is 0. The van der Waals surface area contributed by atoms with E-state index in [-0.39, 0.29) is 11.4 Å². The number of benzene rings is 2. The standard InChI is InChI=1S/C20H25N3O4S/c1-4-13-23-17-8-6-5-7-16(17)22-20(23)11-12-21-28(24,25)15-9-10-18(26-2)19(14-15)27-3/h5-10,14,21H,4,11-13H2,1-3H3. The van der Waals surface area contributed by atoms with Crippen LogP contribution in [-0.4, -0.2) is 38.7 Å². The van der Waals surface area contributed by atoms with E-state index in [1.165, 1.54) is 26.4 Å². The number of imidazole rings is 1. The van der Waals surface area contributed by atoms with E-state index in [4.69, 9.17) is 9.47 Å². The predicted octanol–water partition coefficient (Wildman–Crippen LogP) is 2.98. The summed E-state index contributed by atoms with van der Waals surface area (Å²) in [6.07, 6.45) is 1.48. The molecule has 28 heavy (non-hydrogen) atoms. The summed E-state index contributed by atoms with van der Waals surface area (Å²) in [4.78, 5) is 4.80.